The molecule has 0 spiro atoms. The summed E-state index contributed by atoms with van der Waals surface area (Å²) in [6.07, 6.45) is 14.8. The standard InChI is InChI=1S/C17H20N2/c18-14-7-6-11-4-5-12-2-1-3-13-9-19-10-16(17(12)13)15(11)8-14/h1-2,5,10,14,19H,3-4,6-9,18H2. The van der Waals surface area contributed by atoms with E-state index < -0.39 is 0 Å². The Bertz CT molecular complexity index is 584. The molecule has 2 heteroatoms. The first-order chi connectivity index (χ1) is 9.33. The zero-order valence-corrected chi connectivity index (χ0v) is 11.2. The van der Waals surface area contributed by atoms with Crippen molar-refractivity contribution >= 4 is 0 Å². The third-order valence-electron chi connectivity index (χ3n) is 4.74. The molecule has 98 valence electrons. The number of hydrogen-bond acceptors (Lipinski definition) is 2. The van der Waals surface area contributed by atoms with E-state index in [1.54, 1.807) is 11.1 Å². The SMILES string of the molecule is NC1CCC2=C(C1)C1=CNCC3=C1C(=CC2)C=CC3. The molecule has 4 aliphatic rings. The number of allylic oxidation sites excluding steroid dienone is 7. The lowest BCUT2D eigenvalue weighted by Crippen LogP contribution is -2.27. The summed E-state index contributed by atoms with van der Waals surface area (Å²) in [7, 11) is 0. The van der Waals surface area contributed by atoms with Gasteiger partial charge < -0.3 is 11.1 Å². The second-order valence-electron chi connectivity index (χ2n) is 5.97. The first-order valence-electron chi connectivity index (χ1n) is 7.33. The maximum absolute atomic E-state index is 6.20. The molecular formula is C17H20N2. The molecule has 0 fully saturated rings. The number of fused-ring (bicyclic) bond motifs is 1. The summed E-state index contributed by atoms with van der Waals surface area (Å²) in [4.78, 5) is 0. The third kappa shape index (κ3) is 1.74. The monoisotopic (exact) mass is 252 g/mol. The molecule has 1 atom stereocenters. The van der Waals surface area contributed by atoms with Gasteiger partial charge in [-0.2, -0.15) is 0 Å². The van der Waals surface area contributed by atoms with Crippen molar-refractivity contribution in [3.8, 4) is 0 Å². The molecule has 2 nitrogen and oxygen atoms in total. The van der Waals surface area contributed by atoms with Crippen molar-refractivity contribution in [3.05, 3.63) is 57.9 Å². The smallest absolute Gasteiger partial charge is 0.0367 e. The maximum atomic E-state index is 6.20. The molecule has 0 saturated heterocycles. The van der Waals surface area contributed by atoms with Gasteiger partial charge in [0.05, 0.1) is 0 Å². The number of dihydropyridines is 1. The molecular weight excluding hydrogens is 232 g/mol. The predicted molar refractivity (Wildman–Crippen MR) is 78.4 cm³/mol. The van der Waals surface area contributed by atoms with Crippen molar-refractivity contribution in [1.29, 1.82) is 0 Å². The highest BCUT2D eigenvalue weighted by Gasteiger charge is 2.29. The first kappa shape index (κ1) is 11.3. The lowest BCUT2D eigenvalue weighted by Gasteiger charge is -2.30. The van der Waals surface area contributed by atoms with Gasteiger partial charge in [0.25, 0.3) is 0 Å². The minimum absolute atomic E-state index is 0.339. The van der Waals surface area contributed by atoms with Gasteiger partial charge in [0, 0.05) is 24.4 Å². The highest BCUT2D eigenvalue weighted by atomic mass is 14.8. The molecule has 0 radical (unpaired) electrons. The van der Waals surface area contributed by atoms with Crippen LogP contribution in [-0.4, -0.2) is 12.6 Å². The summed E-state index contributed by atoms with van der Waals surface area (Å²) < 4.78 is 0. The normalized spacial score (nSPS) is 29.0. The molecule has 19 heavy (non-hydrogen) atoms. The van der Waals surface area contributed by atoms with Crippen LogP contribution in [0.15, 0.2) is 57.9 Å². The van der Waals surface area contributed by atoms with Crippen LogP contribution in [0, 0.1) is 0 Å². The molecule has 1 unspecified atom stereocenters. The van der Waals surface area contributed by atoms with Crippen LogP contribution in [0.4, 0.5) is 0 Å². The summed E-state index contributed by atoms with van der Waals surface area (Å²) in [5.74, 6) is 0. The molecule has 0 saturated carbocycles. The summed E-state index contributed by atoms with van der Waals surface area (Å²) in [6, 6.07) is 0.339. The lowest BCUT2D eigenvalue weighted by molar-refractivity contribution is 0.568. The van der Waals surface area contributed by atoms with E-state index in [4.69, 9.17) is 5.73 Å². The van der Waals surface area contributed by atoms with Crippen LogP contribution in [-0.2, 0) is 0 Å². The molecule has 3 aliphatic carbocycles. The van der Waals surface area contributed by atoms with Crippen molar-refractivity contribution < 1.29 is 0 Å². The van der Waals surface area contributed by atoms with Crippen LogP contribution < -0.4 is 11.1 Å². The topological polar surface area (TPSA) is 38.0 Å². The van der Waals surface area contributed by atoms with E-state index in [1.807, 2.05) is 0 Å². The molecule has 0 aromatic carbocycles. The van der Waals surface area contributed by atoms with E-state index >= 15 is 0 Å². The van der Waals surface area contributed by atoms with Crippen molar-refractivity contribution in [1.82, 2.24) is 5.32 Å². The summed E-state index contributed by atoms with van der Waals surface area (Å²) in [6.45, 7) is 0.995. The number of hydrogen-bond donors (Lipinski definition) is 2. The minimum Gasteiger partial charge on any atom is -0.387 e. The van der Waals surface area contributed by atoms with E-state index in [0.29, 0.717) is 6.04 Å². The molecule has 0 amide bonds. The Hall–Kier alpha value is -1.54. The molecule has 4 rings (SSSR count). The van der Waals surface area contributed by atoms with E-state index in [1.165, 1.54) is 28.7 Å². The van der Waals surface area contributed by atoms with Crippen molar-refractivity contribution in [2.75, 3.05) is 6.54 Å². The second-order valence-corrected chi connectivity index (χ2v) is 5.97. The molecule has 0 bridgehead atoms. The fourth-order valence-electron chi connectivity index (χ4n) is 3.76. The highest BCUT2D eigenvalue weighted by molar-refractivity contribution is 5.67. The zero-order chi connectivity index (χ0) is 12.8. The van der Waals surface area contributed by atoms with Gasteiger partial charge in [-0.25, -0.2) is 0 Å². The number of nitrogens with two attached hydrogens (primary N) is 1. The van der Waals surface area contributed by atoms with Gasteiger partial charge in [-0.3, -0.25) is 0 Å². The van der Waals surface area contributed by atoms with Crippen LogP contribution >= 0.6 is 0 Å². The minimum atomic E-state index is 0.339. The van der Waals surface area contributed by atoms with Crippen LogP contribution in [0.1, 0.15) is 32.1 Å². The van der Waals surface area contributed by atoms with Gasteiger partial charge >= 0.3 is 0 Å². The van der Waals surface area contributed by atoms with Crippen molar-refractivity contribution in [2.24, 2.45) is 5.73 Å². The van der Waals surface area contributed by atoms with Crippen molar-refractivity contribution in [3.63, 3.8) is 0 Å². The second kappa shape index (κ2) is 4.24. The maximum Gasteiger partial charge on any atom is 0.0367 e. The summed E-state index contributed by atoms with van der Waals surface area (Å²) in [5.41, 5.74) is 15.2. The average molecular weight is 252 g/mol. The first-order valence-corrected chi connectivity index (χ1v) is 7.33. The summed E-state index contributed by atoms with van der Waals surface area (Å²) >= 11 is 0. The summed E-state index contributed by atoms with van der Waals surface area (Å²) in [5, 5.41) is 3.46. The Morgan fingerprint density at radius 3 is 3.11 bits per heavy atom. The fraction of sp³-hybridized carbons (Fsp3) is 0.412. The van der Waals surface area contributed by atoms with Gasteiger partial charge in [-0.1, -0.05) is 23.8 Å². The molecule has 1 aliphatic heterocycles. The van der Waals surface area contributed by atoms with Gasteiger partial charge in [0.2, 0.25) is 0 Å². The van der Waals surface area contributed by atoms with Gasteiger partial charge in [-0.05, 0) is 54.4 Å². The van der Waals surface area contributed by atoms with Crippen LogP contribution in [0.5, 0.6) is 0 Å². The molecule has 0 aromatic heterocycles. The fourth-order valence-corrected chi connectivity index (χ4v) is 3.76. The Kier molecular flexibility index (Phi) is 2.52. The molecule has 3 N–H and O–H groups in total. The van der Waals surface area contributed by atoms with Gasteiger partial charge in [-0.15, -0.1) is 0 Å². The van der Waals surface area contributed by atoms with E-state index in [9.17, 15) is 0 Å². The van der Waals surface area contributed by atoms with Crippen LogP contribution in [0.25, 0.3) is 0 Å². The zero-order valence-electron chi connectivity index (χ0n) is 11.2. The largest absolute Gasteiger partial charge is 0.387 e. The van der Waals surface area contributed by atoms with Gasteiger partial charge in [0.15, 0.2) is 0 Å². The Morgan fingerprint density at radius 1 is 1.21 bits per heavy atom. The predicted octanol–water partition coefficient (Wildman–Crippen LogP) is 2.87. The Balaban J connectivity index is 1.88. The van der Waals surface area contributed by atoms with Crippen LogP contribution in [0.2, 0.25) is 0 Å². The van der Waals surface area contributed by atoms with E-state index in [-0.39, 0.29) is 0 Å². The quantitative estimate of drug-likeness (QED) is 0.695. The number of nitrogens with one attached hydrogen (secondary N) is 1. The van der Waals surface area contributed by atoms with Crippen LogP contribution in [0.3, 0.4) is 0 Å². The lowest BCUT2D eigenvalue weighted by atomic mass is 9.79. The van der Waals surface area contributed by atoms with Crippen molar-refractivity contribution in [2.45, 2.75) is 38.1 Å². The third-order valence-corrected chi connectivity index (χ3v) is 4.74. The Morgan fingerprint density at radius 2 is 2.16 bits per heavy atom. The number of rotatable bonds is 0. The van der Waals surface area contributed by atoms with E-state index in [2.05, 4.69) is 29.7 Å². The Labute approximate surface area is 114 Å². The molecule has 1 heterocycles. The highest BCUT2D eigenvalue weighted by Crippen LogP contribution is 2.43. The van der Waals surface area contributed by atoms with Gasteiger partial charge in [0.1, 0.15) is 0 Å². The van der Waals surface area contributed by atoms with E-state index in [0.717, 1.165) is 32.2 Å². The molecule has 0 aromatic rings. The average Bonchev–Trinajstić information content (AvgIpc) is 2.59.